The molecule has 0 aliphatic heterocycles. The summed E-state index contributed by atoms with van der Waals surface area (Å²) in [5.41, 5.74) is 2.56. The number of amides is 2. The zero-order valence-electron chi connectivity index (χ0n) is 11.3. The van der Waals surface area contributed by atoms with Gasteiger partial charge in [-0.3, -0.25) is 0 Å². The Hall–Kier alpha value is -2.30. The maximum absolute atomic E-state index is 11.6. The van der Waals surface area contributed by atoms with Gasteiger partial charge in [0.05, 0.1) is 5.56 Å². The number of nitrogens with one attached hydrogen (secondary N) is 2. The van der Waals surface area contributed by atoms with Crippen LogP contribution in [0.2, 0.25) is 0 Å². The normalized spacial score (nSPS) is 9.63. The summed E-state index contributed by atoms with van der Waals surface area (Å²) in [7, 11) is 0. The summed E-state index contributed by atoms with van der Waals surface area (Å²) in [5, 5.41) is 14.2. The van der Waals surface area contributed by atoms with Crippen LogP contribution in [0.1, 0.15) is 29.8 Å². The molecule has 0 saturated carbocycles. The lowest BCUT2D eigenvalue weighted by molar-refractivity contribution is 0.0697. The van der Waals surface area contributed by atoms with E-state index in [0.717, 1.165) is 11.1 Å². The standard InChI is InChI=1S/C14H18N2O3/c1-9(2)6-7-15-14(19)16-12-8-11(13(17)18)5-4-10(12)3/h4-6,8H,7H2,1-3H3,(H,17,18)(H2,15,16,19). The number of carboxylic acid groups (broad SMARTS) is 1. The van der Waals surface area contributed by atoms with Crippen molar-refractivity contribution in [1.82, 2.24) is 5.32 Å². The second-order valence-electron chi connectivity index (χ2n) is 4.45. The van der Waals surface area contributed by atoms with E-state index in [-0.39, 0.29) is 11.6 Å². The van der Waals surface area contributed by atoms with Crippen molar-refractivity contribution in [3.8, 4) is 0 Å². The molecule has 0 fully saturated rings. The van der Waals surface area contributed by atoms with Crippen molar-refractivity contribution in [2.45, 2.75) is 20.8 Å². The van der Waals surface area contributed by atoms with Crippen molar-refractivity contribution in [3.63, 3.8) is 0 Å². The van der Waals surface area contributed by atoms with Gasteiger partial charge in [0.25, 0.3) is 0 Å². The van der Waals surface area contributed by atoms with Gasteiger partial charge < -0.3 is 15.7 Å². The van der Waals surface area contributed by atoms with E-state index in [9.17, 15) is 9.59 Å². The third-order valence-corrected chi connectivity index (χ3v) is 2.51. The zero-order chi connectivity index (χ0) is 14.4. The van der Waals surface area contributed by atoms with E-state index in [0.29, 0.717) is 12.2 Å². The zero-order valence-corrected chi connectivity index (χ0v) is 11.3. The minimum absolute atomic E-state index is 0.144. The van der Waals surface area contributed by atoms with Gasteiger partial charge in [0.15, 0.2) is 0 Å². The Balaban J connectivity index is 2.70. The van der Waals surface area contributed by atoms with E-state index in [1.54, 1.807) is 13.0 Å². The Morgan fingerprint density at radius 2 is 2.00 bits per heavy atom. The summed E-state index contributed by atoms with van der Waals surface area (Å²) in [6.45, 7) is 6.13. The minimum atomic E-state index is -1.02. The number of hydrogen-bond donors (Lipinski definition) is 3. The highest BCUT2D eigenvalue weighted by Gasteiger charge is 2.08. The fourth-order valence-electron chi connectivity index (χ4n) is 1.40. The molecular formula is C14H18N2O3. The number of carboxylic acids is 1. The van der Waals surface area contributed by atoms with Crippen LogP contribution < -0.4 is 10.6 Å². The van der Waals surface area contributed by atoms with Crippen LogP contribution in [0.25, 0.3) is 0 Å². The molecule has 0 atom stereocenters. The summed E-state index contributed by atoms with van der Waals surface area (Å²) in [5.74, 6) is -1.02. The maximum Gasteiger partial charge on any atom is 0.335 e. The molecule has 1 aromatic rings. The van der Waals surface area contributed by atoms with Gasteiger partial charge in [-0.25, -0.2) is 9.59 Å². The van der Waals surface area contributed by atoms with Crippen molar-refractivity contribution >= 4 is 17.7 Å². The number of carbonyl (C=O) groups is 2. The lowest BCUT2D eigenvalue weighted by atomic mass is 10.1. The molecule has 0 spiro atoms. The largest absolute Gasteiger partial charge is 0.478 e. The van der Waals surface area contributed by atoms with Crippen LogP contribution in [0.15, 0.2) is 29.8 Å². The van der Waals surface area contributed by atoms with Crippen molar-refractivity contribution in [2.75, 3.05) is 11.9 Å². The molecular weight excluding hydrogens is 244 g/mol. The molecule has 0 heterocycles. The Kier molecular flexibility index (Phi) is 5.11. The number of anilines is 1. The Bertz CT molecular complexity index is 517. The van der Waals surface area contributed by atoms with Crippen molar-refractivity contribution in [3.05, 3.63) is 41.0 Å². The van der Waals surface area contributed by atoms with Gasteiger partial charge in [-0.15, -0.1) is 0 Å². The Labute approximate surface area is 112 Å². The molecule has 0 aliphatic carbocycles. The van der Waals surface area contributed by atoms with E-state index in [1.165, 1.54) is 12.1 Å². The minimum Gasteiger partial charge on any atom is -0.478 e. The van der Waals surface area contributed by atoms with E-state index >= 15 is 0 Å². The molecule has 3 N–H and O–H groups in total. The molecule has 1 aromatic carbocycles. The van der Waals surface area contributed by atoms with Gasteiger partial charge in [-0.05, 0) is 38.5 Å². The Morgan fingerprint density at radius 3 is 2.58 bits per heavy atom. The van der Waals surface area contributed by atoms with Gasteiger partial charge >= 0.3 is 12.0 Å². The van der Waals surface area contributed by atoms with Crippen LogP contribution >= 0.6 is 0 Å². The average molecular weight is 262 g/mol. The van der Waals surface area contributed by atoms with Gasteiger partial charge in [-0.1, -0.05) is 17.7 Å². The predicted octanol–water partition coefficient (Wildman–Crippen LogP) is 2.78. The average Bonchev–Trinajstić information content (AvgIpc) is 2.31. The molecule has 0 unspecified atom stereocenters. The molecule has 0 aliphatic rings. The first-order valence-corrected chi connectivity index (χ1v) is 5.92. The van der Waals surface area contributed by atoms with Gasteiger partial charge in [-0.2, -0.15) is 0 Å². The fraction of sp³-hybridized carbons (Fsp3) is 0.286. The van der Waals surface area contributed by atoms with E-state index in [1.807, 2.05) is 19.9 Å². The number of rotatable bonds is 4. The molecule has 19 heavy (non-hydrogen) atoms. The first-order chi connectivity index (χ1) is 8.90. The van der Waals surface area contributed by atoms with E-state index in [2.05, 4.69) is 10.6 Å². The van der Waals surface area contributed by atoms with Crippen LogP contribution in [-0.2, 0) is 0 Å². The first-order valence-electron chi connectivity index (χ1n) is 5.92. The number of hydrogen-bond acceptors (Lipinski definition) is 2. The van der Waals surface area contributed by atoms with Crippen LogP contribution in [0.5, 0.6) is 0 Å². The number of allylic oxidation sites excluding steroid dienone is 1. The summed E-state index contributed by atoms with van der Waals surface area (Å²) in [6.07, 6.45) is 1.89. The van der Waals surface area contributed by atoms with E-state index < -0.39 is 5.97 Å². The number of urea groups is 1. The van der Waals surface area contributed by atoms with Gasteiger partial charge in [0, 0.05) is 12.2 Å². The SMILES string of the molecule is CC(C)=CCNC(=O)Nc1cc(C(=O)O)ccc1C. The summed E-state index contributed by atoms with van der Waals surface area (Å²) in [6, 6.07) is 4.25. The van der Waals surface area contributed by atoms with Crippen LogP contribution in [0, 0.1) is 6.92 Å². The third-order valence-electron chi connectivity index (χ3n) is 2.51. The van der Waals surface area contributed by atoms with Crippen molar-refractivity contribution in [2.24, 2.45) is 0 Å². The highest BCUT2D eigenvalue weighted by atomic mass is 16.4. The number of aromatic carboxylic acids is 1. The number of aryl methyl sites for hydroxylation is 1. The highest BCUT2D eigenvalue weighted by molar-refractivity contribution is 5.94. The second kappa shape index (κ2) is 6.58. The summed E-state index contributed by atoms with van der Waals surface area (Å²) < 4.78 is 0. The van der Waals surface area contributed by atoms with E-state index in [4.69, 9.17) is 5.11 Å². The Morgan fingerprint density at radius 1 is 1.32 bits per heavy atom. The quantitative estimate of drug-likeness (QED) is 0.730. The molecule has 0 bridgehead atoms. The molecule has 5 nitrogen and oxygen atoms in total. The smallest absolute Gasteiger partial charge is 0.335 e. The fourth-order valence-corrected chi connectivity index (χ4v) is 1.40. The summed E-state index contributed by atoms with van der Waals surface area (Å²) >= 11 is 0. The summed E-state index contributed by atoms with van der Waals surface area (Å²) in [4.78, 5) is 22.5. The first kappa shape index (κ1) is 14.8. The highest BCUT2D eigenvalue weighted by Crippen LogP contribution is 2.16. The van der Waals surface area contributed by atoms with Gasteiger partial charge in [0.2, 0.25) is 0 Å². The predicted molar refractivity (Wildman–Crippen MR) is 74.6 cm³/mol. The van der Waals surface area contributed by atoms with Crippen molar-refractivity contribution in [1.29, 1.82) is 0 Å². The topological polar surface area (TPSA) is 78.4 Å². The van der Waals surface area contributed by atoms with Crippen LogP contribution in [0.4, 0.5) is 10.5 Å². The number of benzene rings is 1. The van der Waals surface area contributed by atoms with Crippen LogP contribution in [-0.4, -0.2) is 23.7 Å². The van der Waals surface area contributed by atoms with Gasteiger partial charge in [0.1, 0.15) is 0 Å². The molecule has 0 radical (unpaired) electrons. The molecule has 2 amide bonds. The van der Waals surface area contributed by atoms with Crippen molar-refractivity contribution < 1.29 is 14.7 Å². The molecule has 102 valence electrons. The molecule has 0 aromatic heterocycles. The molecule has 5 heteroatoms. The molecule has 1 rings (SSSR count). The van der Waals surface area contributed by atoms with Crippen LogP contribution in [0.3, 0.4) is 0 Å². The molecule has 0 saturated heterocycles. The maximum atomic E-state index is 11.6. The monoisotopic (exact) mass is 262 g/mol. The lowest BCUT2D eigenvalue weighted by Crippen LogP contribution is -2.29. The second-order valence-corrected chi connectivity index (χ2v) is 4.45. The number of carbonyl (C=O) groups excluding carboxylic acids is 1. The lowest BCUT2D eigenvalue weighted by Gasteiger charge is -2.09. The third kappa shape index (κ3) is 4.83.